The van der Waals surface area contributed by atoms with Gasteiger partial charge in [0.2, 0.25) is 0 Å². The van der Waals surface area contributed by atoms with Crippen LogP contribution < -0.4 is 0 Å². The number of nitrogens with zero attached hydrogens (tertiary/aromatic N) is 2. The summed E-state index contributed by atoms with van der Waals surface area (Å²) in [6.07, 6.45) is -4.78. The molecule has 1 aromatic carbocycles. The van der Waals surface area contributed by atoms with Gasteiger partial charge in [0.15, 0.2) is 10.7 Å². The van der Waals surface area contributed by atoms with E-state index >= 15 is 0 Å². The van der Waals surface area contributed by atoms with Crippen LogP contribution in [0, 0.1) is 20.8 Å². The Morgan fingerprint density at radius 1 is 1.25 bits per heavy atom. The lowest BCUT2D eigenvalue weighted by atomic mass is 10.0. The summed E-state index contributed by atoms with van der Waals surface area (Å²) >= 11 is 0.530. The molecular formula is C16H13F3N2O2S. The second kappa shape index (κ2) is 5.34. The van der Waals surface area contributed by atoms with Crippen molar-refractivity contribution < 1.29 is 23.1 Å². The first-order chi connectivity index (χ1) is 11.1. The van der Waals surface area contributed by atoms with Crippen LogP contribution in [0.1, 0.15) is 32.2 Å². The third kappa shape index (κ3) is 2.47. The zero-order valence-electron chi connectivity index (χ0n) is 13.0. The third-order valence-electron chi connectivity index (χ3n) is 3.81. The number of aryl methyl sites for hydroxylation is 3. The predicted molar refractivity (Wildman–Crippen MR) is 84.7 cm³/mol. The van der Waals surface area contributed by atoms with Crippen molar-refractivity contribution in [2.45, 2.75) is 26.9 Å². The highest BCUT2D eigenvalue weighted by molar-refractivity contribution is 7.19. The molecule has 3 aromatic rings. The van der Waals surface area contributed by atoms with Crippen molar-refractivity contribution in [3.05, 3.63) is 45.6 Å². The average Bonchev–Trinajstić information content (AvgIpc) is 2.96. The summed E-state index contributed by atoms with van der Waals surface area (Å²) in [6, 6.07) is 5.60. The minimum absolute atomic E-state index is 0.0206. The van der Waals surface area contributed by atoms with Crippen LogP contribution in [0.4, 0.5) is 13.2 Å². The minimum atomic E-state index is -4.78. The lowest BCUT2D eigenvalue weighted by Crippen LogP contribution is -2.14. The highest BCUT2D eigenvalue weighted by Gasteiger charge is 2.41. The molecule has 0 spiro atoms. The molecule has 1 N–H and O–H groups in total. The molecule has 0 saturated carbocycles. The maximum Gasteiger partial charge on any atom is 0.433 e. The molecule has 0 radical (unpaired) electrons. The molecule has 2 heterocycles. The standard InChI is InChI=1S/C16H13F3N2O2S/c1-7-4-5-10(8(2)6-7)11-9(3)21-13(16(17,18)19)12(14(22)23)24-15(21)20-11/h4-6H,1-3H3,(H,22,23). The second-order valence-corrected chi connectivity index (χ2v) is 6.54. The van der Waals surface area contributed by atoms with Gasteiger partial charge < -0.3 is 5.11 Å². The molecule has 0 bridgehead atoms. The summed E-state index contributed by atoms with van der Waals surface area (Å²) in [5.74, 6) is -1.61. The van der Waals surface area contributed by atoms with Crippen molar-refractivity contribution in [1.82, 2.24) is 9.38 Å². The van der Waals surface area contributed by atoms with Crippen LogP contribution in [0.25, 0.3) is 16.2 Å². The number of carbonyl (C=O) groups is 1. The van der Waals surface area contributed by atoms with Gasteiger partial charge in [0.25, 0.3) is 0 Å². The van der Waals surface area contributed by atoms with Crippen LogP contribution in [-0.2, 0) is 6.18 Å². The maximum absolute atomic E-state index is 13.4. The number of alkyl halides is 3. The van der Waals surface area contributed by atoms with Gasteiger partial charge in [0.1, 0.15) is 4.88 Å². The van der Waals surface area contributed by atoms with Gasteiger partial charge in [0, 0.05) is 11.3 Å². The fourth-order valence-corrected chi connectivity index (χ4v) is 3.81. The summed E-state index contributed by atoms with van der Waals surface area (Å²) < 4.78 is 41.1. The first kappa shape index (κ1) is 16.5. The van der Waals surface area contributed by atoms with Crippen LogP contribution in [0.2, 0.25) is 0 Å². The smallest absolute Gasteiger partial charge is 0.433 e. The van der Waals surface area contributed by atoms with Crippen molar-refractivity contribution >= 4 is 22.3 Å². The quantitative estimate of drug-likeness (QED) is 0.725. The van der Waals surface area contributed by atoms with Crippen LogP contribution in [0.15, 0.2) is 18.2 Å². The second-order valence-electron chi connectivity index (χ2n) is 5.56. The summed E-state index contributed by atoms with van der Waals surface area (Å²) in [4.78, 5) is 14.7. The number of carboxylic acids is 1. The highest BCUT2D eigenvalue weighted by Crippen LogP contribution is 2.40. The van der Waals surface area contributed by atoms with Gasteiger partial charge in [-0.15, -0.1) is 0 Å². The Labute approximate surface area is 139 Å². The molecule has 4 nitrogen and oxygen atoms in total. The Balaban J connectivity index is 2.34. The molecule has 0 aliphatic carbocycles. The molecule has 0 amide bonds. The van der Waals surface area contributed by atoms with E-state index in [-0.39, 0.29) is 10.7 Å². The Hall–Kier alpha value is -2.35. The fraction of sp³-hybridized carbons (Fsp3) is 0.250. The molecule has 3 rings (SSSR count). The van der Waals surface area contributed by atoms with E-state index in [9.17, 15) is 18.0 Å². The van der Waals surface area contributed by atoms with Gasteiger partial charge in [0.05, 0.1) is 5.69 Å². The molecule has 0 aliphatic rings. The van der Waals surface area contributed by atoms with Gasteiger partial charge >= 0.3 is 12.1 Å². The largest absolute Gasteiger partial charge is 0.477 e. The molecule has 0 fully saturated rings. The van der Waals surface area contributed by atoms with Crippen LogP contribution in [0.3, 0.4) is 0 Å². The number of rotatable bonds is 2. The number of halogens is 3. The lowest BCUT2D eigenvalue weighted by molar-refractivity contribution is -0.142. The number of hydrogen-bond acceptors (Lipinski definition) is 3. The zero-order valence-corrected chi connectivity index (χ0v) is 13.8. The predicted octanol–water partition coefficient (Wildman–Crippen LogP) is 4.71. The van der Waals surface area contributed by atoms with E-state index in [0.717, 1.165) is 21.1 Å². The molecule has 24 heavy (non-hydrogen) atoms. The third-order valence-corrected chi connectivity index (χ3v) is 4.84. The van der Waals surface area contributed by atoms with Crippen LogP contribution in [0.5, 0.6) is 0 Å². The lowest BCUT2D eigenvalue weighted by Gasteiger charge is -2.09. The fourth-order valence-electron chi connectivity index (χ4n) is 2.78. The number of carboxylic acid groups (broad SMARTS) is 1. The monoisotopic (exact) mass is 354 g/mol. The highest BCUT2D eigenvalue weighted by atomic mass is 32.1. The Kier molecular flexibility index (Phi) is 3.67. The van der Waals surface area contributed by atoms with E-state index in [4.69, 9.17) is 5.11 Å². The summed E-state index contributed by atoms with van der Waals surface area (Å²) in [6.45, 7) is 5.31. The van der Waals surface area contributed by atoms with E-state index in [1.165, 1.54) is 6.92 Å². The van der Waals surface area contributed by atoms with Gasteiger partial charge in [-0.25, -0.2) is 9.78 Å². The molecule has 0 saturated heterocycles. The molecule has 2 aromatic heterocycles. The summed E-state index contributed by atoms with van der Waals surface area (Å²) in [5, 5.41) is 9.07. The van der Waals surface area contributed by atoms with Crippen molar-refractivity contribution in [1.29, 1.82) is 0 Å². The average molecular weight is 354 g/mol. The van der Waals surface area contributed by atoms with Gasteiger partial charge in [-0.1, -0.05) is 35.1 Å². The number of hydrogen-bond donors (Lipinski definition) is 1. The summed E-state index contributed by atoms with van der Waals surface area (Å²) in [7, 11) is 0. The molecule has 0 aliphatic heterocycles. The number of aromatic nitrogens is 2. The summed E-state index contributed by atoms with van der Waals surface area (Å²) in [5.41, 5.74) is 2.19. The molecular weight excluding hydrogens is 341 g/mol. The normalized spacial score (nSPS) is 12.1. The van der Waals surface area contributed by atoms with Crippen LogP contribution in [-0.4, -0.2) is 20.5 Å². The Bertz CT molecular complexity index is 970. The van der Waals surface area contributed by atoms with E-state index < -0.39 is 22.7 Å². The maximum atomic E-state index is 13.4. The van der Waals surface area contributed by atoms with E-state index in [0.29, 0.717) is 17.0 Å². The topological polar surface area (TPSA) is 54.6 Å². The van der Waals surface area contributed by atoms with E-state index in [2.05, 4.69) is 4.98 Å². The number of thiazole rings is 1. The number of benzene rings is 1. The molecule has 8 heteroatoms. The Morgan fingerprint density at radius 2 is 1.92 bits per heavy atom. The molecule has 0 atom stereocenters. The van der Waals surface area contributed by atoms with Crippen molar-refractivity contribution in [3.63, 3.8) is 0 Å². The molecule has 126 valence electrons. The van der Waals surface area contributed by atoms with E-state index in [1.54, 1.807) is 0 Å². The van der Waals surface area contributed by atoms with Crippen molar-refractivity contribution in [2.75, 3.05) is 0 Å². The van der Waals surface area contributed by atoms with Gasteiger partial charge in [-0.3, -0.25) is 4.40 Å². The van der Waals surface area contributed by atoms with Crippen molar-refractivity contribution in [3.8, 4) is 11.3 Å². The Morgan fingerprint density at radius 3 is 2.46 bits per heavy atom. The number of aromatic carboxylic acids is 1. The SMILES string of the molecule is Cc1ccc(-c2nc3sc(C(=O)O)c(C(F)(F)F)n3c2C)c(C)c1. The van der Waals surface area contributed by atoms with Crippen LogP contribution >= 0.6 is 11.3 Å². The number of imidazole rings is 1. The van der Waals surface area contributed by atoms with Gasteiger partial charge in [-0.05, 0) is 26.3 Å². The zero-order chi connectivity index (χ0) is 17.8. The number of fused-ring (bicyclic) bond motifs is 1. The molecule has 0 unspecified atom stereocenters. The van der Waals surface area contributed by atoms with E-state index in [1.807, 2.05) is 32.0 Å². The minimum Gasteiger partial charge on any atom is -0.477 e. The van der Waals surface area contributed by atoms with Gasteiger partial charge in [-0.2, -0.15) is 13.2 Å². The van der Waals surface area contributed by atoms with Crippen molar-refractivity contribution in [2.24, 2.45) is 0 Å². The first-order valence-electron chi connectivity index (χ1n) is 7.01. The first-order valence-corrected chi connectivity index (χ1v) is 7.83.